The van der Waals surface area contributed by atoms with Crippen molar-refractivity contribution in [3.8, 4) is 0 Å². The molecular formula is C11H17NO. The topological polar surface area (TPSA) is 39.2 Å². The van der Waals surface area contributed by atoms with E-state index in [0.717, 1.165) is 5.56 Å². The van der Waals surface area contributed by atoms with E-state index in [0.29, 0.717) is 5.92 Å². The van der Waals surface area contributed by atoms with Gasteiger partial charge >= 0.3 is 0 Å². The number of rotatable bonds is 2. The fourth-order valence-corrected chi connectivity index (χ4v) is 2.23. The van der Waals surface area contributed by atoms with Crippen molar-refractivity contribution in [1.29, 1.82) is 0 Å². The molecule has 0 saturated heterocycles. The molecule has 2 nitrogen and oxygen atoms in total. The zero-order valence-electron chi connectivity index (χ0n) is 7.91. The summed E-state index contributed by atoms with van der Waals surface area (Å²) < 4.78 is 5.05. The summed E-state index contributed by atoms with van der Waals surface area (Å²) in [5, 5.41) is 0. The maximum atomic E-state index is 6.15. The molecule has 0 bridgehead atoms. The number of hydrogen-bond donors (Lipinski definition) is 1. The number of hydrogen-bond acceptors (Lipinski definition) is 2. The predicted octanol–water partition coefficient (Wildman–Crippen LogP) is 2.86. The van der Waals surface area contributed by atoms with Crippen LogP contribution in [-0.2, 0) is 0 Å². The normalized spacial score (nSPS) is 21.6. The average Bonchev–Trinajstić information content (AvgIpc) is 2.71. The third-order valence-electron chi connectivity index (χ3n) is 3.09. The summed E-state index contributed by atoms with van der Waals surface area (Å²) in [5.41, 5.74) is 7.31. The first-order valence-electron chi connectivity index (χ1n) is 5.15. The molecule has 1 heterocycles. The highest BCUT2D eigenvalue weighted by atomic mass is 16.3. The molecule has 72 valence electrons. The van der Waals surface area contributed by atoms with Crippen LogP contribution in [0, 0.1) is 5.92 Å². The van der Waals surface area contributed by atoms with Crippen LogP contribution in [-0.4, -0.2) is 0 Å². The van der Waals surface area contributed by atoms with E-state index in [1.807, 2.05) is 6.07 Å². The highest BCUT2D eigenvalue weighted by molar-refractivity contribution is 5.12. The third kappa shape index (κ3) is 1.94. The van der Waals surface area contributed by atoms with Crippen molar-refractivity contribution < 1.29 is 4.42 Å². The van der Waals surface area contributed by atoms with Gasteiger partial charge in [0.05, 0.1) is 12.5 Å². The maximum Gasteiger partial charge on any atom is 0.0950 e. The molecule has 2 rings (SSSR count). The van der Waals surface area contributed by atoms with Gasteiger partial charge in [-0.1, -0.05) is 19.3 Å². The van der Waals surface area contributed by atoms with Crippen LogP contribution in [0.5, 0.6) is 0 Å². The van der Waals surface area contributed by atoms with Gasteiger partial charge in [-0.2, -0.15) is 0 Å². The van der Waals surface area contributed by atoms with Crippen molar-refractivity contribution >= 4 is 0 Å². The third-order valence-corrected chi connectivity index (χ3v) is 3.09. The summed E-state index contributed by atoms with van der Waals surface area (Å²) in [4.78, 5) is 0. The Hall–Kier alpha value is -0.760. The summed E-state index contributed by atoms with van der Waals surface area (Å²) in [6.07, 6.45) is 10.1. The van der Waals surface area contributed by atoms with Crippen molar-refractivity contribution in [2.75, 3.05) is 0 Å². The van der Waals surface area contributed by atoms with E-state index < -0.39 is 0 Å². The molecule has 1 aromatic rings. The molecule has 1 saturated carbocycles. The van der Waals surface area contributed by atoms with E-state index in [9.17, 15) is 0 Å². The van der Waals surface area contributed by atoms with Gasteiger partial charge in [0.1, 0.15) is 0 Å². The Morgan fingerprint density at radius 1 is 1.31 bits per heavy atom. The van der Waals surface area contributed by atoms with E-state index in [1.165, 1.54) is 32.1 Å². The number of furan rings is 1. The van der Waals surface area contributed by atoms with E-state index in [1.54, 1.807) is 12.5 Å². The SMILES string of the molecule is N[C@H](c1ccoc1)C1CCCCC1. The molecule has 0 unspecified atom stereocenters. The Kier molecular flexibility index (Phi) is 2.69. The summed E-state index contributed by atoms with van der Waals surface area (Å²) in [6, 6.07) is 2.18. The lowest BCUT2D eigenvalue weighted by atomic mass is 9.82. The van der Waals surface area contributed by atoms with Gasteiger partial charge in [0.2, 0.25) is 0 Å². The van der Waals surface area contributed by atoms with Crippen LogP contribution >= 0.6 is 0 Å². The van der Waals surface area contributed by atoms with Crippen molar-refractivity contribution in [3.63, 3.8) is 0 Å². The molecule has 13 heavy (non-hydrogen) atoms. The molecular weight excluding hydrogens is 162 g/mol. The Morgan fingerprint density at radius 3 is 2.69 bits per heavy atom. The van der Waals surface area contributed by atoms with Crippen LogP contribution in [0.25, 0.3) is 0 Å². The summed E-state index contributed by atoms with van der Waals surface area (Å²) in [7, 11) is 0. The van der Waals surface area contributed by atoms with Gasteiger partial charge in [0.15, 0.2) is 0 Å². The Bertz CT molecular complexity index is 237. The predicted molar refractivity (Wildman–Crippen MR) is 52.2 cm³/mol. The lowest BCUT2D eigenvalue weighted by Crippen LogP contribution is -2.22. The highest BCUT2D eigenvalue weighted by Gasteiger charge is 2.22. The van der Waals surface area contributed by atoms with E-state index in [2.05, 4.69) is 0 Å². The van der Waals surface area contributed by atoms with Gasteiger partial charge in [-0.3, -0.25) is 0 Å². The zero-order valence-corrected chi connectivity index (χ0v) is 7.91. The first-order chi connectivity index (χ1) is 6.38. The summed E-state index contributed by atoms with van der Waals surface area (Å²) in [5.74, 6) is 0.673. The molecule has 2 heteroatoms. The largest absolute Gasteiger partial charge is 0.472 e. The first-order valence-corrected chi connectivity index (χ1v) is 5.15. The molecule has 1 atom stereocenters. The van der Waals surface area contributed by atoms with Crippen LogP contribution < -0.4 is 5.73 Å². The van der Waals surface area contributed by atoms with Crippen LogP contribution in [0.2, 0.25) is 0 Å². The standard InChI is InChI=1S/C11H17NO/c12-11(10-6-7-13-8-10)9-4-2-1-3-5-9/h6-9,11H,1-5,12H2/t11-/m0/s1. The Morgan fingerprint density at radius 2 is 2.08 bits per heavy atom. The van der Waals surface area contributed by atoms with Gasteiger partial charge in [-0.15, -0.1) is 0 Å². The first kappa shape index (κ1) is 8.82. The fraction of sp³-hybridized carbons (Fsp3) is 0.636. The van der Waals surface area contributed by atoms with Crippen LogP contribution in [0.15, 0.2) is 23.0 Å². The second-order valence-electron chi connectivity index (χ2n) is 3.98. The van der Waals surface area contributed by atoms with Gasteiger partial charge < -0.3 is 10.2 Å². The molecule has 1 aromatic heterocycles. The van der Waals surface area contributed by atoms with Crippen molar-refractivity contribution in [2.24, 2.45) is 11.7 Å². The molecule has 1 fully saturated rings. The quantitative estimate of drug-likeness (QED) is 0.758. The second-order valence-corrected chi connectivity index (χ2v) is 3.98. The van der Waals surface area contributed by atoms with Gasteiger partial charge in [0.25, 0.3) is 0 Å². The average molecular weight is 179 g/mol. The second kappa shape index (κ2) is 3.97. The lowest BCUT2D eigenvalue weighted by molar-refractivity contribution is 0.307. The van der Waals surface area contributed by atoms with Gasteiger partial charge in [-0.05, 0) is 24.8 Å². The van der Waals surface area contributed by atoms with Crippen molar-refractivity contribution in [1.82, 2.24) is 0 Å². The summed E-state index contributed by atoms with van der Waals surface area (Å²) in [6.45, 7) is 0. The van der Waals surface area contributed by atoms with Gasteiger partial charge in [-0.25, -0.2) is 0 Å². The minimum atomic E-state index is 0.194. The molecule has 2 N–H and O–H groups in total. The number of nitrogens with two attached hydrogens (primary N) is 1. The van der Waals surface area contributed by atoms with E-state index in [4.69, 9.17) is 10.2 Å². The molecule has 0 spiro atoms. The Labute approximate surface area is 79.1 Å². The molecule has 0 aliphatic heterocycles. The van der Waals surface area contributed by atoms with Gasteiger partial charge in [0, 0.05) is 11.6 Å². The minimum Gasteiger partial charge on any atom is -0.472 e. The van der Waals surface area contributed by atoms with Crippen LogP contribution in [0.1, 0.15) is 43.7 Å². The maximum absolute atomic E-state index is 6.15. The molecule has 0 radical (unpaired) electrons. The lowest BCUT2D eigenvalue weighted by Gasteiger charge is -2.26. The van der Waals surface area contributed by atoms with Crippen molar-refractivity contribution in [3.05, 3.63) is 24.2 Å². The zero-order chi connectivity index (χ0) is 9.10. The minimum absolute atomic E-state index is 0.194. The van der Waals surface area contributed by atoms with E-state index >= 15 is 0 Å². The molecule has 0 aromatic carbocycles. The molecule has 1 aliphatic rings. The van der Waals surface area contributed by atoms with Crippen LogP contribution in [0.3, 0.4) is 0 Å². The molecule has 1 aliphatic carbocycles. The highest BCUT2D eigenvalue weighted by Crippen LogP contribution is 2.32. The molecule has 0 amide bonds. The van der Waals surface area contributed by atoms with Crippen LogP contribution in [0.4, 0.5) is 0 Å². The van der Waals surface area contributed by atoms with E-state index in [-0.39, 0.29) is 6.04 Å². The summed E-state index contributed by atoms with van der Waals surface area (Å²) >= 11 is 0. The smallest absolute Gasteiger partial charge is 0.0950 e. The Balaban J connectivity index is 1.99. The monoisotopic (exact) mass is 179 g/mol. The fourth-order valence-electron chi connectivity index (χ4n) is 2.23. The van der Waals surface area contributed by atoms with Crippen molar-refractivity contribution in [2.45, 2.75) is 38.1 Å².